The van der Waals surface area contributed by atoms with Crippen LogP contribution in [0.1, 0.15) is 12.7 Å². The van der Waals surface area contributed by atoms with Crippen LogP contribution >= 0.6 is 0 Å². The molecule has 0 spiro atoms. The number of hydrogen-bond donors (Lipinski definition) is 0. The van der Waals surface area contributed by atoms with Crippen molar-refractivity contribution >= 4 is 21.8 Å². The lowest BCUT2D eigenvalue weighted by molar-refractivity contribution is 0.258. The van der Waals surface area contributed by atoms with E-state index < -0.39 is 0 Å². The smallest absolute Gasteiger partial charge is 0.161 e. The first kappa shape index (κ1) is 20.9. The van der Waals surface area contributed by atoms with Gasteiger partial charge in [-0.25, -0.2) is 4.98 Å². The number of aromatic nitrogens is 2. The molecule has 1 aromatic heterocycles. The van der Waals surface area contributed by atoms with Crippen LogP contribution in [0.15, 0.2) is 91.0 Å². The van der Waals surface area contributed by atoms with Crippen molar-refractivity contribution in [1.82, 2.24) is 9.55 Å². The van der Waals surface area contributed by atoms with Crippen LogP contribution < -0.4 is 14.2 Å². The molecule has 0 unspecified atom stereocenters. The highest BCUT2D eigenvalue weighted by atomic mass is 16.5. The molecule has 0 amide bonds. The van der Waals surface area contributed by atoms with Gasteiger partial charge in [0.25, 0.3) is 0 Å². The molecule has 166 valence electrons. The average Bonchev–Trinajstić information content (AvgIpc) is 3.21. The van der Waals surface area contributed by atoms with Crippen LogP contribution in [-0.4, -0.2) is 22.8 Å². The van der Waals surface area contributed by atoms with Gasteiger partial charge in [-0.2, -0.15) is 0 Å². The number of para-hydroxylation sites is 4. The van der Waals surface area contributed by atoms with Crippen LogP contribution in [0.4, 0.5) is 0 Å². The normalized spacial score (nSPS) is 11.1. The lowest BCUT2D eigenvalue weighted by Crippen LogP contribution is -2.13. The predicted octanol–water partition coefficient (Wildman–Crippen LogP) is 6.25. The topological polar surface area (TPSA) is 45.5 Å². The van der Waals surface area contributed by atoms with Gasteiger partial charge in [0, 0.05) is 5.39 Å². The summed E-state index contributed by atoms with van der Waals surface area (Å²) in [6, 6.07) is 30.3. The molecule has 0 saturated carbocycles. The molecule has 5 nitrogen and oxygen atoms in total. The Morgan fingerprint density at radius 3 is 2.27 bits per heavy atom. The number of imidazole rings is 1. The first-order chi connectivity index (χ1) is 16.3. The highest BCUT2D eigenvalue weighted by Gasteiger charge is 2.13. The van der Waals surface area contributed by atoms with E-state index in [1.165, 1.54) is 0 Å². The third kappa shape index (κ3) is 4.48. The van der Waals surface area contributed by atoms with Crippen LogP contribution in [-0.2, 0) is 13.2 Å². The van der Waals surface area contributed by atoms with Crippen LogP contribution in [0.3, 0.4) is 0 Å². The standard InChI is InChI=1S/C28H26N2O3/c1-2-31-26-15-7-8-16-27(26)32-19-18-30-24-14-6-5-13-23(24)29-28(30)20-33-25-17-9-11-21-10-3-4-12-22(21)25/h3-17H,2,18-20H2,1H3. The summed E-state index contributed by atoms with van der Waals surface area (Å²) in [5, 5.41) is 2.25. The van der Waals surface area contributed by atoms with E-state index in [9.17, 15) is 0 Å². The van der Waals surface area contributed by atoms with Gasteiger partial charge in [0.2, 0.25) is 0 Å². The first-order valence-corrected chi connectivity index (χ1v) is 11.2. The molecule has 0 radical (unpaired) electrons. The molecule has 0 aliphatic rings. The Kier molecular flexibility index (Phi) is 6.11. The number of benzene rings is 4. The van der Waals surface area contributed by atoms with Crippen LogP contribution in [0, 0.1) is 0 Å². The molecule has 0 fully saturated rings. The second kappa shape index (κ2) is 9.65. The third-order valence-corrected chi connectivity index (χ3v) is 5.56. The first-order valence-electron chi connectivity index (χ1n) is 11.2. The van der Waals surface area contributed by atoms with Gasteiger partial charge in [0.05, 0.1) is 24.2 Å². The minimum absolute atomic E-state index is 0.373. The lowest BCUT2D eigenvalue weighted by Gasteiger charge is -2.14. The minimum atomic E-state index is 0.373. The summed E-state index contributed by atoms with van der Waals surface area (Å²) < 4.78 is 20.2. The largest absolute Gasteiger partial charge is 0.490 e. The molecule has 0 N–H and O–H groups in total. The van der Waals surface area contributed by atoms with Crippen molar-refractivity contribution in [3.63, 3.8) is 0 Å². The number of nitrogens with zero attached hydrogens (tertiary/aromatic N) is 2. The van der Waals surface area contributed by atoms with Crippen molar-refractivity contribution in [2.75, 3.05) is 13.2 Å². The van der Waals surface area contributed by atoms with Crippen molar-refractivity contribution in [2.24, 2.45) is 0 Å². The highest BCUT2D eigenvalue weighted by Crippen LogP contribution is 2.28. The van der Waals surface area contributed by atoms with E-state index in [-0.39, 0.29) is 0 Å². The van der Waals surface area contributed by atoms with E-state index in [0.29, 0.717) is 26.4 Å². The molecular weight excluding hydrogens is 412 g/mol. The average molecular weight is 439 g/mol. The van der Waals surface area contributed by atoms with E-state index >= 15 is 0 Å². The van der Waals surface area contributed by atoms with Gasteiger partial charge in [-0.05, 0) is 42.6 Å². The summed E-state index contributed by atoms with van der Waals surface area (Å²) in [6.45, 7) is 4.08. The molecule has 33 heavy (non-hydrogen) atoms. The van der Waals surface area contributed by atoms with Crippen LogP contribution in [0.5, 0.6) is 17.2 Å². The van der Waals surface area contributed by atoms with Gasteiger partial charge in [-0.3, -0.25) is 0 Å². The summed E-state index contributed by atoms with van der Waals surface area (Å²) >= 11 is 0. The maximum Gasteiger partial charge on any atom is 0.161 e. The number of fused-ring (bicyclic) bond motifs is 2. The molecule has 0 bridgehead atoms. The Labute approximate surface area is 193 Å². The molecular formula is C28H26N2O3. The molecule has 5 heteroatoms. The van der Waals surface area contributed by atoms with Gasteiger partial charge < -0.3 is 18.8 Å². The highest BCUT2D eigenvalue weighted by molar-refractivity contribution is 5.88. The van der Waals surface area contributed by atoms with Crippen LogP contribution in [0.2, 0.25) is 0 Å². The Morgan fingerprint density at radius 2 is 1.39 bits per heavy atom. The summed E-state index contributed by atoms with van der Waals surface area (Å²) in [4.78, 5) is 4.84. The molecule has 5 aromatic rings. The number of rotatable bonds is 9. The second-order valence-electron chi connectivity index (χ2n) is 7.66. The van der Waals surface area contributed by atoms with Crippen molar-refractivity contribution in [2.45, 2.75) is 20.1 Å². The van der Waals surface area contributed by atoms with E-state index in [4.69, 9.17) is 19.2 Å². The third-order valence-electron chi connectivity index (χ3n) is 5.56. The summed E-state index contributed by atoms with van der Waals surface area (Å²) in [5.41, 5.74) is 2.01. The predicted molar refractivity (Wildman–Crippen MR) is 131 cm³/mol. The Morgan fingerprint density at radius 1 is 0.697 bits per heavy atom. The SMILES string of the molecule is CCOc1ccccc1OCCn1c(COc2cccc3ccccc23)nc2ccccc21. The molecule has 0 saturated heterocycles. The van der Waals surface area contributed by atoms with Gasteiger partial charge in [0.15, 0.2) is 11.5 Å². The van der Waals surface area contributed by atoms with Crippen molar-refractivity contribution in [1.29, 1.82) is 0 Å². The van der Waals surface area contributed by atoms with Gasteiger partial charge in [-0.1, -0.05) is 60.7 Å². The maximum absolute atomic E-state index is 6.25. The van der Waals surface area contributed by atoms with Crippen molar-refractivity contribution in [3.05, 3.63) is 96.8 Å². The fourth-order valence-corrected chi connectivity index (χ4v) is 4.04. The summed E-state index contributed by atoms with van der Waals surface area (Å²) in [7, 11) is 0. The fraction of sp³-hybridized carbons (Fsp3) is 0.179. The van der Waals surface area contributed by atoms with E-state index in [0.717, 1.165) is 44.9 Å². The van der Waals surface area contributed by atoms with Crippen LogP contribution in [0.25, 0.3) is 21.8 Å². The molecule has 0 aliphatic heterocycles. The Bertz CT molecular complexity index is 1370. The molecule has 4 aromatic carbocycles. The van der Waals surface area contributed by atoms with E-state index in [2.05, 4.69) is 28.8 Å². The van der Waals surface area contributed by atoms with Crippen molar-refractivity contribution in [3.8, 4) is 17.2 Å². The van der Waals surface area contributed by atoms with Crippen molar-refractivity contribution < 1.29 is 14.2 Å². The molecule has 1 heterocycles. The van der Waals surface area contributed by atoms with E-state index in [1.54, 1.807) is 0 Å². The Balaban J connectivity index is 1.36. The molecule has 0 atom stereocenters. The number of ether oxygens (including phenoxy) is 3. The monoisotopic (exact) mass is 438 g/mol. The quantitative estimate of drug-likeness (QED) is 0.273. The summed E-state index contributed by atoms with van der Waals surface area (Å²) in [5.74, 6) is 3.23. The zero-order valence-electron chi connectivity index (χ0n) is 18.6. The second-order valence-corrected chi connectivity index (χ2v) is 7.66. The fourth-order valence-electron chi connectivity index (χ4n) is 4.04. The zero-order chi connectivity index (χ0) is 22.5. The summed E-state index contributed by atoms with van der Waals surface area (Å²) in [6.07, 6.45) is 0. The molecule has 0 aliphatic carbocycles. The van der Waals surface area contributed by atoms with E-state index in [1.807, 2.05) is 73.7 Å². The zero-order valence-corrected chi connectivity index (χ0v) is 18.6. The molecule has 5 rings (SSSR count). The number of hydrogen-bond acceptors (Lipinski definition) is 4. The van der Waals surface area contributed by atoms with Gasteiger partial charge >= 0.3 is 0 Å². The minimum Gasteiger partial charge on any atom is -0.490 e. The van der Waals surface area contributed by atoms with Gasteiger partial charge in [-0.15, -0.1) is 0 Å². The maximum atomic E-state index is 6.25. The lowest BCUT2D eigenvalue weighted by atomic mass is 10.1. The Hall–Kier alpha value is -3.99. The van der Waals surface area contributed by atoms with Gasteiger partial charge in [0.1, 0.15) is 24.8 Å².